The van der Waals surface area contributed by atoms with Crippen molar-refractivity contribution in [2.75, 3.05) is 0 Å². The maximum Gasteiger partial charge on any atom is 0.223 e. The van der Waals surface area contributed by atoms with Gasteiger partial charge in [-0.15, -0.1) is 5.10 Å². The lowest BCUT2D eigenvalue weighted by molar-refractivity contribution is -0.125. The van der Waals surface area contributed by atoms with Gasteiger partial charge in [-0.1, -0.05) is 26.7 Å². The summed E-state index contributed by atoms with van der Waals surface area (Å²) >= 11 is 0. The summed E-state index contributed by atoms with van der Waals surface area (Å²) in [6, 6.07) is -0.161. The van der Waals surface area contributed by atoms with Crippen LogP contribution < -0.4 is 5.32 Å². The smallest absolute Gasteiger partial charge is 0.223 e. The monoisotopic (exact) mass is 239 g/mol. The van der Waals surface area contributed by atoms with Crippen LogP contribution in [0.2, 0.25) is 0 Å². The molecule has 1 N–H and O–H groups in total. The molecule has 0 aliphatic rings. The SMILES string of the molecule is CCCC[C@@H](C)C(=O)N[C@H](C)c1nnnn1C. The lowest BCUT2D eigenvalue weighted by atomic mass is 10.0. The molecule has 0 aliphatic carbocycles. The van der Waals surface area contributed by atoms with Crippen molar-refractivity contribution in [2.45, 2.75) is 46.1 Å². The molecule has 1 heterocycles. The summed E-state index contributed by atoms with van der Waals surface area (Å²) in [6.07, 6.45) is 3.11. The van der Waals surface area contributed by atoms with Gasteiger partial charge in [-0.05, 0) is 23.8 Å². The van der Waals surface area contributed by atoms with Crippen LogP contribution in [-0.2, 0) is 11.8 Å². The zero-order valence-electron chi connectivity index (χ0n) is 11.0. The first-order valence-corrected chi connectivity index (χ1v) is 6.08. The van der Waals surface area contributed by atoms with Crippen molar-refractivity contribution in [1.82, 2.24) is 25.5 Å². The molecule has 17 heavy (non-hydrogen) atoms. The van der Waals surface area contributed by atoms with Crippen molar-refractivity contribution in [3.63, 3.8) is 0 Å². The van der Waals surface area contributed by atoms with Crippen molar-refractivity contribution in [3.05, 3.63) is 5.82 Å². The van der Waals surface area contributed by atoms with Crippen molar-refractivity contribution < 1.29 is 4.79 Å². The van der Waals surface area contributed by atoms with E-state index in [1.54, 1.807) is 11.7 Å². The van der Waals surface area contributed by atoms with Gasteiger partial charge >= 0.3 is 0 Å². The van der Waals surface area contributed by atoms with Crippen molar-refractivity contribution in [1.29, 1.82) is 0 Å². The van der Waals surface area contributed by atoms with Crippen LogP contribution >= 0.6 is 0 Å². The molecule has 0 radical (unpaired) electrons. The summed E-state index contributed by atoms with van der Waals surface area (Å²) in [6.45, 7) is 5.96. The zero-order chi connectivity index (χ0) is 12.8. The fourth-order valence-corrected chi connectivity index (χ4v) is 1.66. The second-order valence-corrected chi connectivity index (χ2v) is 4.43. The van der Waals surface area contributed by atoms with Gasteiger partial charge in [0.1, 0.15) is 0 Å². The number of tetrazole rings is 1. The van der Waals surface area contributed by atoms with Crippen LogP contribution in [0.5, 0.6) is 0 Å². The van der Waals surface area contributed by atoms with Gasteiger partial charge in [0, 0.05) is 13.0 Å². The Bertz CT molecular complexity index is 362. The van der Waals surface area contributed by atoms with Gasteiger partial charge < -0.3 is 5.32 Å². The number of nitrogens with one attached hydrogen (secondary N) is 1. The molecule has 6 heteroatoms. The van der Waals surface area contributed by atoms with Crippen LogP contribution in [0.15, 0.2) is 0 Å². The van der Waals surface area contributed by atoms with Gasteiger partial charge in [0.15, 0.2) is 5.82 Å². The van der Waals surface area contributed by atoms with Crippen LogP contribution in [-0.4, -0.2) is 26.1 Å². The summed E-state index contributed by atoms with van der Waals surface area (Å²) in [7, 11) is 1.76. The Kier molecular flexibility index (Phi) is 5.06. The summed E-state index contributed by atoms with van der Waals surface area (Å²) in [5.74, 6) is 0.772. The van der Waals surface area contributed by atoms with E-state index in [9.17, 15) is 4.79 Å². The van der Waals surface area contributed by atoms with Gasteiger partial charge in [0.2, 0.25) is 5.91 Å². The van der Waals surface area contributed by atoms with Crippen LogP contribution in [0.4, 0.5) is 0 Å². The second kappa shape index (κ2) is 6.32. The number of carbonyl (C=O) groups is 1. The molecule has 0 fully saturated rings. The normalized spacial score (nSPS) is 14.4. The van der Waals surface area contributed by atoms with Crippen LogP contribution in [0, 0.1) is 5.92 Å². The van der Waals surface area contributed by atoms with E-state index in [0.29, 0.717) is 5.82 Å². The second-order valence-electron chi connectivity index (χ2n) is 4.43. The van der Waals surface area contributed by atoms with Gasteiger partial charge in [0.25, 0.3) is 0 Å². The van der Waals surface area contributed by atoms with Gasteiger partial charge in [-0.3, -0.25) is 4.79 Å². The third kappa shape index (κ3) is 3.80. The Morgan fingerprint density at radius 1 is 1.47 bits per heavy atom. The Balaban J connectivity index is 2.48. The Labute approximate surface area is 102 Å². The minimum absolute atomic E-state index is 0.0404. The molecule has 0 aliphatic heterocycles. The number of aryl methyl sites for hydroxylation is 1. The summed E-state index contributed by atoms with van der Waals surface area (Å²) in [5, 5.41) is 14.1. The molecule has 1 amide bonds. The predicted octanol–water partition coefficient (Wildman–Crippen LogP) is 1.21. The molecule has 0 saturated heterocycles. The van der Waals surface area contributed by atoms with E-state index in [-0.39, 0.29) is 17.9 Å². The highest BCUT2D eigenvalue weighted by molar-refractivity contribution is 5.78. The molecule has 0 unspecified atom stereocenters. The van der Waals surface area contributed by atoms with Crippen molar-refractivity contribution >= 4 is 5.91 Å². The average Bonchev–Trinajstić information content (AvgIpc) is 2.72. The number of aromatic nitrogens is 4. The molecule has 6 nitrogen and oxygen atoms in total. The van der Waals surface area contributed by atoms with Crippen molar-refractivity contribution in [2.24, 2.45) is 13.0 Å². The molecule has 2 atom stereocenters. The van der Waals surface area contributed by atoms with Crippen LogP contribution in [0.1, 0.15) is 51.9 Å². The number of rotatable bonds is 6. The maximum absolute atomic E-state index is 11.9. The number of amides is 1. The highest BCUT2D eigenvalue weighted by atomic mass is 16.1. The first-order valence-electron chi connectivity index (χ1n) is 6.08. The minimum Gasteiger partial charge on any atom is -0.346 e. The molecule has 1 aromatic heterocycles. The van der Waals surface area contributed by atoms with E-state index < -0.39 is 0 Å². The first-order chi connectivity index (χ1) is 8.06. The van der Waals surface area contributed by atoms with E-state index >= 15 is 0 Å². The largest absolute Gasteiger partial charge is 0.346 e. The van der Waals surface area contributed by atoms with E-state index in [0.717, 1.165) is 19.3 Å². The lowest BCUT2D eigenvalue weighted by Gasteiger charge is -2.16. The standard InChI is InChI=1S/C11H21N5O/c1-5-6-7-8(2)11(17)12-9(3)10-13-14-15-16(10)4/h8-9H,5-7H2,1-4H3,(H,12,17)/t8-,9-/m1/s1. The predicted molar refractivity (Wildman–Crippen MR) is 64.0 cm³/mol. The number of hydrogen-bond acceptors (Lipinski definition) is 4. The topological polar surface area (TPSA) is 72.7 Å². The summed E-state index contributed by atoms with van der Waals surface area (Å²) in [4.78, 5) is 11.9. The molecule has 96 valence electrons. The average molecular weight is 239 g/mol. The van der Waals surface area contributed by atoms with Crippen LogP contribution in [0.25, 0.3) is 0 Å². The van der Waals surface area contributed by atoms with E-state index in [4.69, 9.17) is 0 Å². The Hall–Kier alpha value is -1.46. The molecular weight excluding hydrogens is 218 g/mol. The van der Waals surface area contributed by atoms with E-state index in [1.165, 1.54) is 0 Å². The van der Waals surface area contributed by atoms with Crippen LogP contribution in [0.3, 0.4) is 0 Å². The minimum atomic E-state index is -0.161. The molecular formula is C11H21N5O. The molecule has 0 aromatic carbocycles. The first kappa shape index (κ1) is 13.6. The Morgan fingerprint density at radius 2 is 2.18 bits per heavy atom. The number of carbonyl (C=O) groups excluding carboxylic acids is 1. The fourth-order valence-electron chi connectivity index (χ4n) is 1.66. The Morgan fingerprint density at radius 3 is 2.71 bits per heavy atom. The molecule has 0 bridgehead atoms. The number of hydrogen-bond donors (Lipinski definition) is 1. The number of nitrogens with zero attached hydrogens (tertiary/aromatic N) is 4. The van der Waals surface area contributed by atoms with Crippen molar-refractivity contribution in [3.8, 4) is 0 Å². The molecule has 0 saturated carbocycles. The summed E-state index contributed by atoms with van der Waals surface area (Å²) in [5.41, 5.74) is 0. The molecule has 1 aromatic rings. The lowest BCUT2D eigenvalue weighted by Crippen LogP contribution is -2.32. The number of unbranched alkanes of at least 4 members (excludes halogenated alkanes) is 1. The van der Waals surface area contributed by atoms with Gasteiger partial charge in [-0.2, -0.15) is 0 Å². The third-order valence-corrected chi connectivity index (χ3v) is 2.84. The van der Waals surface area contributed by atoms with E-state index in [1.807, 2.05) is 13.8 Å². The maximum atomic E-state index is 11.9. The third-order valence-electron chi connectivity index (χ3n) is 2.84. The van der Waals surface area contributed by atoms with Gasteiger partial charge in [0.05, 0.1) is 6.04 Å². The highest BCUT2D eigenvalue weighted by Crippen LogP contribution is 2.11. The van der Waals surface area contributed by atoms with Gasteiger partial charge in [-0.25, -0.2) is 4.68 Å². The van der Waals surface area contributed by atoms with E-state index in [2.05, 4.69) is 27.8 Å². The highest BCUT2D eigenvalue weighted by Gasteiger charge is 2.18. The zero-order valence-corrected chi connectivity index (χ0v) is 11.0. The molecule has 1 rings (SSSR count). The molecule has 0 spiro atoms. The fraction of sp³-hybridized carbons (Fsp3) is 0.818. The summed E-state index contributed by atoms with van der Waals surface area (Å²) < 4.78 is 1.57. The quantitative estimate of drug-likeness (QED) is 0.810.